The quantitative estimate of drug-likeness (QED) is 0.614. The molecule has 0 rings (SSSR count). The van der Waals surface area contributed by atoms with Crippen LogP contribution in [0.25, 0.3) is 0 Å². The van der Waals surface area contributed by atoms with E-state index in [4.69, 9.17) is 4.74 Å². The summed E-state index contributed by atoms with van der Waals surface area (Å²) in [5, 5.41) is 3.51. The van der Waals surface area contributed by atoms with Crippen molar-refractivity contribution in [2.45, 2.75) is 45.6 Å². The topological polar surface area (TPSA) is 24.5 Å². The average molecular weight is 230 g/mol. The molecular weight excluding hydrogens is 200 g/mol. The number of ether oxygens (including phenoxy) is 1. The van der Waals surface area contributed by atoms with E-state index in [0.717, 1.165) is 26.1 Å². The van der Waals surface area contributed by atoms with Crippen molar-refractivity contribution < 1.29 is 4.74 Å². The number of nitrogens with zero attached hydrogens (tertiary/aromatic N) is 1. The van der Waals surface area contributed by atoms with Gasteiger partial charge in [0.05, 0.1) is 0 Å². The number of nitrogens with one attached hydrogen (secondary N) is 1. The van der Waals surface area contributed by atoms with Gasteiger partial charge in [-0.25, -0.2) is 0 Å². The molecule has 0 atom stereocenters. The Labute approximate surface area is 102 Å². The second-order valence-corrected chi connectivity index (χ2v) is 5.53. The Morgan fingerprint density at radius 1 is 1.06 bits per heavy atom. The minimum Gasteiger partial charge on any atom is -0.385 e. The highest BCUT2D eigenvalue weighted by atomic mass is 16.5. The highest BCUT2D eigenvalue weighted by Crippen LogP contribution is 2.00. The minimum atomic E-state index is 0.254. The molecule has 0 bridgehead atoms. The molecule has 1 N–H and O–H groups in total. The van der Waals surface area contributed by atoms with Crippen molar-refractivity contribution in [2.75, 3.05) is 40.4 Å². The van der Waals surface area contributed by atoms with Gasteiger partial charge in [0.2, 0.25) is 0 Å². The van der Waals surface area contributed by atoms with Gasteiger partial charge in [0, 0.05) is 25.8 Å². The van der Waals surface area contributed by atoms with E-state index in [1.165, 1.54) is 19.4 Å². The Kier molecular flexibility index (Phi) is 8.90. The Bertz CT molecular complexity index is 155. The third kappa shape index (κ3) is 12.0. The van der Waals surface area contributed by atoms with Crippen LogP contribution in [0, 0.1) is 0 Å². The van der Waals surface area contributed by atoms with E-state index >= 15 is 0 Å². The maximum Gasteiger partial charge on any atom is 0.0474 e. The second kappa shape index (κ2) is 8.97. The number of rotatable bonds is 9. The highest BCUT2D eigenvalue weighted by Gasteiger charge is 2.07. The van der Waals surface area contributed by atoms with Crippen LogP contribution in [0.1, 0.15) is 40.0 Å². The van der Waals surface area contributed by atoms with Gasteiger partial charge in [-0.05, 0) is 60.2 Å². The van der Waals surface area contributed by atoms with Gasteiger partial charge in [-0.1, -0.05) is 0 Å². The fourth-order valence-electron chi connectivity index (χ4n) is 1.56. The third-order valence-electron chi connectivity index (χ3n) is 2.51. The Hall–Kier alpha value is -0.120. The molecule has 0 aliphatic heterocycles. The van der Waals surface area contributed by atoms with Crippen molar-refractivity contribution in [3.8, 4) is 0 Å². The van der Waals surface area contributed by atoms with Crippen molar-refractivity contribution in [3.05, 3.63) is 0 Å². The summed E-state index contributed by atoms with van der Waals surface area (Å²) in [6.45, 7) is 11.0. The van der Waals surface area contributed by atoms with E-state index in [9.17, 15) is 0 Å². The molecule has 0 saturated carbocycles. The van der Waals surface area contributed by atoms with Crippen LogP contribution in [0.4, 0.5) is 0 Å². The zero-order valence-corrected chi connectivity index (χ0v) is 11.8. The van der Waals surface area contributed by atoms with Crippen molar-refractivity contribution in [2.24, 2.45) is 0 Å². The van der Waals surface area contributed by atoms with E-state index in [1.807, 2.05) is 0 Å². The van der Waals surface area contributed by atoms with Crippen LogP contribution in [-0.4, -0.2) is 50.8 Å². The first-order valence-corrected chi connectivity index (χ1v) is 6.38. The first-order chi connectivity index (χ1) is 7.45. The largest absolute Gasteiger partial charge is 0.385 e. The molecule has 0 aromatic carbocycles. The van der Waals surface area contributed by atoms with Crippen LogP contribution >= 0.6 is 0 Å². The molecule has 0 spiro atoms. The van der Waals surface area contributed by atoms with Gasteiger partial charge in [0.25, 0.3) is 0 Å². The predicted octanol–water partition coefficient (Wildman–Crippen LogP) is 2.12. The van der Waals surface area contributed by atoms with E-state index in [0.29, 0.717) is 0 Å². The van der Waals surface area contributed by atoms with Gasteiger partial charge in [-0.15, -0.1) is 0 Å². The molecule has 0 aromatic heterocycles. The number of hydrogen-bond acceptors (Lipinski definition) is 3. The minimum absolute atomic E-state index is 0.254. The molecule has 0 heterocycles. The van der Waals surface area contributed by atoms with E-state index < -0.39 is 0 Å². The lowest BCUT2D eigenvalue weighted by Crippen LogP contribution is -2.36. The molecule has 16 heavy (non-hydrogen) atoms. The zero-order chi connectivity index (χ0) is 12.4. The molecule has 0 aromatic rings. The van der Waals surface area contributed by atoms with Crippen LogP contribution in [0.15, 0.2) is 0 Å². The van der Waals surface area contributed by atoms with Gasteiger partial charge < -0.3 is 15.0 Å². The van der Waals surface area contributed by atoms with Crippen LogP contribution in [0.3, 0.4) is 0 Å². The Morgan fingerprint density at radius 3 is 2.25 bits per heavy atom. The standard InChI is InChI=1S/C13H30N2O/c1-13(2,3)14-9-6-7-10-15(4)11-8-12-16-5/h14H,6-12H2,1-5H3. The first-order valence-electron chi connectivity index (χ1n) is 6.38. The molecule has 0 amide bonds. The van der Waals surface area contributed by atoms with Gasteiger partial charge in [0.15, 0.2) is 0 Å². The lowest BCUT2D eigenvalue weighted by atomic mass is 10.1. The van der Waals surface area contributed by atoms with Crippen LogP contribution in [-0.2, 0) is 4.74 Å². The summed E-state index contributed by atoms with van der Waals surface area (Å²) in [4.78, 5) is 2.39. The van der Waals surface area contributed by atoms with E-state index in [-0.39, 0.29) is 5.54 Å². The third-order valence-corrected chi connectivity index (χ3v) is 2.51. The Balaban J connectivity index is 3.24. The molecule has 0 aliphatic carbocycles. The summed E-state index contributed by atoms with van der Waals surface area (Å²) in [6, 6.07) is 0. The monoisotopic (exact) mass is 230 g/mol. The molecule has 0 unspecified atom stereocenters. The summed E-state index contributed by atoms with van der Waals surface area (Å²) < 4.78 is 5.04. The van der Waals surface area contributed by atoms with Crippen molar-refractivity contribution in [1.82, 2.24) is 10.2 Å². The molecule has 98 valence electrons. The van der Waals surface area contributed by atoms with Gasteiger partial charge in [-0.2, -0.15) is 0 Å². The maximum atomic E-state index is 5.04. The molecule has 3 heteroatoms. The number of unbranched alkanes of at least 4 members (excludes halogenated alkanes) is 1. The summed E-state index contributed by atoms with van der Waals surface area (Å²) in [5.74, 6) is 0. The number of hydrogen-bond donors (Lipinski definition) is 1. The fraction of sp³-hybridized carbons (Fsp3) is 1.00. The molecule has 0 fully saturated rings. The summed E-state index contributed by atoms with van der Waals surface area (Å²) in [6.07, 6.45) is 3.66. The zero-order valence-electron chi connectivity index (χ0n) is 11.8. The lowest BCUT2D eigenvalue weighted by molar-refractivity contribution is 0.179. The molecule has 3 nitrogen and oxygen atoms in total. The van der Waals surface area contributed by atoms with Gasteiger partial charge in [-0.3, -0.25) is 0 Å². The normalized spacial score (nSPS) is 12.4. The first kappa shape index (κ1) is 15.9. The van der Waals surface area contributed by atoms with Crippen LogP contribution in [0.2, 0.25) is 0 Å². The van der Waals surface area contributed by atoms with Crippen molar-refractivity contribution in [3.63, 3.8) is 0 Å². The van der Waals surface area contributed by atoms with E-state index in [1.54, 1.807) is 7.11 Å². The van der Waals surface area contributed by atoms with Crippen LogP contribution in [0.5, 0.6) is 0 Å². The number of methoxy groups -OCH3 is 1. The molecule has 0 saturated heterocycles. The van der Waals surface area contributed by atoms with Gasteiger partial charge in [0.1, 0.15) is 0 Å². The van der Waals surface area contributed by atoms with Crippen molar-refractivity contribution in [1.29, 1.82) is 0 Å². The van der Waals surface area contributed by atoms with Crippen LogP contribution < -0.4 is 5.32 Å². The second-order valence-electron chi connectivity index (χ2n) is 5.53. The van der Waals surface area contributed by atoms with Crippen molar-refractivity contribution >= 4 is 0 Å². The molecular formula is C13H30N2O. The summed E-state index contributed by atoms with van der Waals surface area (Å²) in [7, 11) is 3.95. The summed E-state index contributed by atoms with van der Waals surface area (Å²) >= 11 is 0. The fourth-order valence-corrected chi connectivity index (χ4v) is 1.56. The molecule has 0 radical (unpaired) electrons. The molecule has 0 aliphatic rings. The average Bonchev–Trinajstić information content (AvgIpc) is 2.16. The van der Waals surface area contributed by atoms with Gasteiger partial charge >= 0.3 is 0 Å². The summed E-state index contributed by atoms with van der Waals surface area (Å²) in [5.41, 5.74) is 0.254. The highest BCUT2D eigenvalue weighted by molar-refractivity contribution is 4.69. The Morgan fingerprint density at radius 2 is 1.69 bits per heavy atom. The lowest BCUT2D eigenvalue weighted by Gasteiger charge is -2.21. The van der Waals surface area contributed by atoms with E-state index in [2.05, 4.69) is 38.0 Å². The predicted molar refractivity (Wildman–Crippen MR) is 71.0 cm³/mol. The SMILES string of the molecule is COCCCN(C)CCCCNC(C)(C)C. The maximum absolute atomic E-state index is 5.04. The smallest absolute Gasteiger partial charge is 0.0474 e.